The number of para-hydroxylation sites is 1. The van der Waals surface area contributed by atoms with Gasteiger partial charge in [-0.25, -0.2) is 4.99 Å². The monoisotopic (exact) mass is 474 g/mol. The molecule has 0 unspecified atom stereocenters. The van der Waals surface area contributed by atoms with Crippen molar-refractivity contribution in [3.63, 3.8) is 0 Å². The van der Waals surface area contributed by atoms with Gasteiger partial charge in [-0.05, 0) is 80.8 Å². The minimum Gasteiger partial charge on any atom is -0.493 e. The molecule has 1 aromatic heterocycles. The number of carbonyl (C=O) groups excluding carboxylic acids is 1. The number of benzene rings is 2. The van der Waals surface area contributed by atoms with E-state index in [1.54, 1.807) is 11.3 Å². The van der Waals surface area contributed by atoms with Crippen LogP contribution < -0.4 is 10.1 Å². The van der Waals surface area contributed by atoms with Gasteiger partial charge in [0.15, 0.2) is 0 Å². The van der Waals surface area contributed by atoms with E-state index in [2.05, 4.69) is 32.2 Å². The maximum absolute atomic E-state index is 13.6. The van der Waals surface area contributed by atoms with Gasteiger partial charge in [-0.1, -0.05) is 44.0 Å². The maximum atomic E-state index is 13.6. The van der Waals surface area contributed by atoms with E-state index >= 15 is 0 Å². The second-order valence-electron chi connectivity index (χ2n) is 8.94. The third kappa shape index (κ3) is 5.58. The Labute approximate surface area is 207 Å². The summed E-state index contributed by atoms with van der Waals surface area (Å²) >= 11 is 1.67. The molecule has 5 heteroatoms. The van der Waals surface area contributed by atoms with Gasteiger partial charge in [0.2, 0.25) is 0 Å². The number of fused-ring (bicyclic) bond motifs is 1. The molecule has 3 aromatic rings. The van der Waals surface area contributed by atoms with Crippen LogP contribution in [0.1, 0.15) is 76.5 Å². The maximum Gasteiger partial charge on any atom is 0.259 e. The Kier molecular flexibility index (Phi) is 8.17. The molecule has 0 atom stereocenters. The zero-order valence-electron chi connectivity index (χ0n) is 20.4. The largest absolute Gasteiger partial charge is 0.493 e. The topological polar surface area (TPSA) is 50.7 Å². The number of amides is 1. The molecule has 0 fully saturated rings. The molecule has 0 saturated heterocycles. The lowest BCUT2D eigenvalue weighted by Crippen LogP contribution is -2.15. The summed E-state index contributed by atoms with van der Waals surface area (Å²) in [6.45, 7) is 6.88. The number of anilines is 1. The van der Waals surface area contributed by atoms with E-state index < -0.39 is 0 Å². The molecule has 4 nitrogen and oxygen atoms in total. The van der Waals surface area contributed by atoms with Crippen LogP contribution in [-0.4, -0.2) is 18.7 Å². The van der Waals surface area contributed by atoms with E-state index in [1.807, 2.05) is 42.6 Å². The molecule has 0 bridgehead atoms. The summed E-state index contributed by atoms with van der Waals surface area (Å²) in [5.74, 6) is 0.763. The Morgan fingerprint density at radius 2 is 1.85 bits per heavy atom. The summed E-state index contributed by atoms with van der Waals surface area (Å²) < 4.78 is 5.90. The first-order valence-corrected chi connectivity index (χ1v) is 13.2. The molecule has 34 heavy (non-hydrogen) atoms. The fourth-order valence-corrected chi connectivity index (χ4v) is 5.59. The lowest BCUT2D eigenvalue weighted by molar-refractivity contribution is 0.102. The Balaban J connectivity index is 1.71. The zero-order chi connectivity index (χ0) is 23.9. The van der Waals surface area contributed by atoms with Crippen molar-refractivity contribution in [2.24, 2.45) is 4.99 Å². The van der Waals surface area contributed by atoms with E-state index in [9.17, 15) is 4.79 Å². The van der Waals surface area contributed by atoms with E-state index in [-0.39, 0.29) is 5.91 Å². The predicted octanol–water partition coefficient (Wildman–Crippen LogP) is 7.82. The van der Waals surface area contributed by atoms with Gasteiger partial charge in [0, 0.05) is 22.3 Å². The van der Waals surface area contributed by atoms with Crippen molar-refractivity contribution in [3.8, 4) is 5.75 Å². The van der Waals surface area contributed by atoms with Gasteiger partial charge in [0.05, 0.1) is 12.2 Å². The normalized spacial score (nSPS) is 13.9. The molecular formula is C29H34N2O2S. The Hall–Kier alpha value is -2.92. The molecule has 1 N–H and O–H groups in total. The van der Waals surface area contributed by atoms with E-state index in [1.165, 1.54) is 35.3 Å². The van der Waals surface area contributed by atoms with E-state index in [0.717, 1.165) is 58.8 Å². The second kappa shape index (κ2) is 11.5. The number of hydrogen-bond acceptors (Lipinski definition) is 4. The number of carbonyl (C=O) groups is 1. The Bertz CT molecular complexity index is 1180. The fourth-order valence-electron chi connectivity index (χ4n) is 4.36. The minimum atomic E-state index is -0.0607. The highest BCUT2D eigenvalue weighted by molar-refractivity contribution is 7.16. The summed E-state index contributed by atoms with van der Waals surface area (Å²) in [7, 11) is 0. The predicted molar refractivity (Wildman–Crippen MR) is 144 cm³/mol. The quantitative estimate of drug-likeness (QED) is 0.355. The van der Waals surface area contributed by atoms with Crippen LogP contribution in [0, 0.1) is 13.8 Å². The SMILES string of the molecule is CCCOc1ccccc1C=Nc1sc2c(c1C(=O)Nc1cccc(C)c1C)CCCCCC2. The van der Waals surface area contributed by atoms with Gasteiger partial charge in [0.1, 0.15) is 10.8 Å². The molecule has 2 aromatic carbocycles. The number of aliphatic imine (C=N–C) groups is 1. The van der Waals surface area contributed by atoms with Crippen molar-refractivity contribution >= 4 is 34.1 Å². The highest BCUT2D eigenvalue weighted by atomic mass is 32.1. The van der Waals surface area contributed by atoms with Crippen molar-refractivity contribution < 1.29 is 9.53 Å². The number of ether oxygens (including phenoxy) is 1. The van der Waals surface area contributed by atoms with E-state index in [4.69, 9.17) is 9.73 Å². The first-order valence-electron chi connectivity index (χ1n) is 12.4. The Morgan fingerprint density at radius 1 is 1.06 bits per heavy atom. The summed E-state index contributed by atoms with van der Waals surface area (Å²) in [5.41, 5.74) is 5.99. The first-order chi connectivity index (χ1) is 16.6. The van der Waals surface area contributed by atoms with Gasteiger partial charge in [-0.15, -0.1) is 11.3 Å². The van der Waals surface area contributed by atoms with Crippen LogP contribution in [0.2, 0.25) is 0 Å². The summed E-state index contributed by atoms with van der Waals surface area (Å²) in [4.78, 5) is 19.8. The van der Waals surface area contributed by atoms with E-state index in [0.29, 0.717) is 6.61 Å². The molecule has 0 spiro atoms. The molecule has 0 radical (unpaired) electrons. The van der Waals surface area contributed by atoms with Crippen LogP contribution in [0.3, 0.4) is 0 Å². The van der Waals surface area contributed by atoms with Crippen LogP contribution in [0.5, 0.6) is 5.75 Å². The molecule has 1 aliphatic rings. The van der Waals surface area contributed by atoms with Crippen LogP contribution in [-0.2, 0) is 12.8 Å². The molecule has 0 aliphatic heterocycles. The highest BCUT2D eigenvalue weighted by Crippen LogP contribution is 2.39. The lowest BCUT2D eigenvalue weighted by Gasteiger charge is -2.13. The van der Waals surface area contributed by atoms with Crippen LogP contribution in [0.15, 0.2) is 47.5 Å². The van der Waals surface area contributed by atoms with Crippen molar-refractivity contribution in [3.05, 3.63) is 75.2 Å². The van der Waals surface area contributed by atoms with Crippen LogP contribution in [0.4, 0.5) is 10.7 Å². The smallest absolute Gasteiger partial charge is 0.259 e. The standard InChI is InChI=1S/C29H34N2O2S/c1-4-18-33-25-16-10-9-13-22(25)19-30-29-27(23-14-7-5-6-8-17-26(23)34-29)28(32)31-24-15-11-12-20(2)21(24)3/h9-13,15-16,19H,4-8,14,17-18H2,1-3H3,(H,31,32). The van der Waals surface area contributed by atoms with Gasteiger partial charge in [-0.2, -0.15) is 0 Å². The molecule has 1 heterocycles. The second-order valence-corrected chi connectivity index (χ2v) is 10.0. The van der Waals surface area contributed by atoms with Gasteiger partial charge >= 0.3 is 0 Å². The zero-order valence-corrected chi connectivity index (χ0v) is 21.3. The molecule has 1 amide bonds. The van der Waals surface area contributed by atoms with Crippen LogP contribution in [0.25, 0.3) is 0 Å². The third-order valence-corrected chi connectivity index (χ3v) is 7.63. The van der Waals surface area contributed by atoms with Crippen LogP contribution >= 0.6 is 11.3 Å². The molecule has 4 rings (SSSR count). The number of rotatable bonds is 7. The average Bonchev–Trinajstić information content (AvgIpc) is 3.16. The fraction of sp³-hybridized carbons (Fsp3) is 0.379. The third-order valence-electron chi connectivity index (χ3n) is 6.43. The first kappa shape index (κ1) is 24.2. The molecular weight excluding hydrogens is 440 g/mol. The van der Waals surface area contributed by atoms with Crippen molar-refractivity contribution in [1.82, 2.24) is 0 Å². The number of nitrogens with one attached hydrogen (secondary N) is 1. The van der Waals surface area contributed by atoms with Gasteiger partial charge < -0.3 is 10.1 Å². The molecule has 0 saturated carbocycles. The van der Waals surface area contributed by atoms with Crippen molar-refractivity contribution in [2.75, 3.05) is 11.9 Å². The summed E-state index contributed by atoms with van der Waals surface area (Å²) in [6.07, 6.45) is 9.51. The van der Waals surface area contributed by atoms with Crippen molar-refractivity contribution in [2.45, 2.75) is 65.7 Å². The number of hydrogen-bond donors (Lipinski definition) is 1. The summed E-state index contributed by atoms with van der Waals surface area (Å²) in [5, 5.41) is 3.98. The summed E-state index contributed by atoms with van der Waals surface area (Å²) in [6, 6.07) is 14.0. The molecule has 1 aliphatic carbocycles. The number of aryl methyl sites for hydroxylation is 2. The number of thiophene rings is 1. The number of nitrogens with zero attached hydrogens (tertiary/aromatic N) is 1. The van der Waals surface area contributed by atoms with Crippen molar-refractivity contribution in [1.29, 1.82) is 0 Å². The highest BCUT2D eigenvalue weighted by Gasteiger charge is 2.24. The lowest BCUT2D eigenvalue weighted by atomic mass is 9.96. The van der Waals surface area contributed by atoms with Gasteiger partial charge in [-0.3, -0.25) is 4.79 Å². The average molecular weight is 475 g/mol. The van der Waals surface area contributed by atoms with Gasteiger partial charge in [0.25, 0.3) is 5.91 Å². The Morgan fingerprint density at radius 3 is 2.68 bits per heavy atom. The minimum absolute atomic E-state index is 0.0607. The molecule has 178 valence electrons.